The molecular weight excluding hydrogens is 238 g/mol. The van der Waals surface area contributed by atoms with Gasteiger partial charge < -0.3 is 15.8 Å². The Hall–Kier alpha value is -0.770. The summed E-state index contributed by atoms with van der Waals surface area (Å²) in [5, 5.41) is 11.9. The topological polar surface area (TPSA) is 61.8 Å². The molecule has 1 saturated heterocycles. The van der Waals surface area contributed by atoms with E-state index >= 15 is 0 Å². The Morgan fingerprint density at radius 2 is 2.16 bits per heavy atom. The number of hydrogen-bond acceptors (Lipinski definition) is 3. The van der Waals surface area contributed by atoms with Crippen molar-refractivity contribution < 1.29 is 5.21 Å². The van der Waals surface area contributed by atoms with E-state index in [1.54, 1.807) is 0 Å². The molecule has 0 amide bonds. The Morgan fingerprint density at radius 1 is 1.42 bits per heavy atom. The van der Waals surface area contributed by atoms with Crippen molar-refractivity contribution in [2.75, 3.05) is 19.6 Å². The lowest BCUT2D eigenvalue weighted by molar-refractivity contribution is 0.293. The van der Waals surface area contributed by atoms with Crippen molar-refractivity contribution in [3.63, 3.8) is 0 Å². The van der Waals surface area contributed by atoms with Crippen molar-refractivity contribution in [3.05, 3.63) is 0 Å². The lowest BCUT2D eigenvalue weighted by Gasteiger charge is -2.23. The number of nitrogens with zero attached hydrogens (tertiary/aromatic N) is 2. The summed E-state index contributed by atoms with van der Waals surface area (Å²) in [6, 6.07) is 0. The van der Waals surface area contributed by atoms with E-state index in [2.05, 4.69) is 17.0 Å². The van der Waals surface area contributed by atoms with Gasteiger partial charge in [0, 0.05) is 12.0 Å². The number of likely N-dealkylation sites (tertiary alicyclic amines) is 1. The van der Waals surface area contributed by atoms with E-state index in [1.165, 1.54) is 45.3 Å². The molecule has 1 aliphatic rings. The molecule has 1 atom stereocenters. The van der Waals surface area contributed by atoms with Gasteiger partial charge in [-0.25, -0.2) is 0 Å². The fourth-order valence-electron chi connectivity index (χ4n) is 2.93. The Morgan fingerprint density at radius 3 is 2.79 bits per heavy atom. The van der Waals surface area contributed by atoms with E-state index in [-0.39, 0.29) is 5.41 Å². The second kappa shape index (κ2) is 7.73. The molecule has 0 radical (unpaired) electrons. The number of amidine groups is 1. The molecule has 4 heteroatoms. The van der Waals surface area contributed by atoms with Gasteiger partial charge in [0.2, 0.25) is 0 Å². The van der Waals surface area contributed by atoms with Crippen LogP contribution >= 0.6 is 0 Å². The van der Waals surface area contributed by atoms with E-state index in [4.69, 9.17) is 10.9 Å². The van der Waals surface area contributed by atoms with Crippen LogP contribution in [-0.2, 0) is 0 Å². The largest absolute Gasteiger partial charge is 0.409 e. The highest BCUT2D eigenvalue weighted by Crippen LogP contribution is 2.25. The highest BCUT2D eigenvalue weighted by atomic mass is 16.4. The van der Waals surface area contributed by atoms with Crippen LogP contribution in [0.15, 0.2) is 5.16 Å². The smallest absolute Gasteiger partial charge is 0.144 e. The molecule has 112 valence electrons. The maximum absolute atomic E-state index is 8.73. The van der Waals surface area contributed by atoms with E-state index in [0.29, 0.717) is 5.84 Å². The number of oxime groups is 1. The third-order valence-electron chi connectivity index (χ3n) is 4.39. The minimum Gasteiger partial charge on any atom is -0.409 e. The molecule has 0 saturated carbocycles. The predicted octanol–water partition coefficient (Wildman–Crippen LogP) is 3.05. The first-order valence-corrected chi connectivity index (χ1v) is 7.70. The molecule has 3 N–H and O–H groups in total. The molecule has 0 spiro atoms. The van der Waals surface area contributed by atoms with Crippen LogP contribution < -0.4 is 5.73 Å². The van der Waals surface area contributed by atoms with E-state index in [9.17, 15) is 0 Å². The second-order valence-electron chi connectivity index (χ2n) is 6.57. The summed E-state index contributed by atoms with van der Waals surface area (Å²) in [4.78, 5) is 2.59. The number of unbranched alkanes of at least 4 members (excludes halogenated alkanes) is 1. The van der Waals surface area contributed by atoms with Crippen LogP contribution in [0.4, 0.5) is 0 Å². The lowest BCUT2D eigenvalue weighted by Crippen LogP contribution is -2.32. The van der Waals surface area contributed by atoms with Gasteiger partial charge in [0.1, 0.15) is 5.84 Å². The Kier molecular flexibility index (Phi) is 6.63. The molecule has 0 aromatic carbocycles. The molecule has 1 aliphatic heterocycles. The molecule has 0 aromatic heterocycles. The molecule has 0 aromatic rings. The molecule has 1 heterocycles. The highest BCUT2D eigenvalue weighted by molar-refractivity contribution is 5.85. The molecule has 4 nitrogen and oxygen atoms in total. The van der Waals surface area contributed by atoms with Crippen LogP contribution in [0, 0.1) is 11.3 Å². The van der Waals surface area contributed by atoms with Crippen LogP contribution in [-0.4, -0.2) is 35.6 Å². The third-order valence-corrected chi connectivity index (χ3v) is 4.39. The van der Waals surface area contributed by atoms with Gasteiger partial charge in [-0.15, -0.1) is 0 Å². The second-order valence-corrected chi connectivity index (χ2v) is 6.57. The summed E-state index contributed by atoms with van der Waals surface area (Å²) in [5.41, 5.74) is 5.51. The molecule has 0 aliphatic carbocycles. The summed E-state index contributed by atoms with van der Waals surface area (Å²) < 4.78 is 0. The Balaban J connectivity index is 2.15. The van der Waals surface area contributed by atoms with Crippen LogP contribution in [0.2, 0.25) is 0 Å². The maximum atomic E-state index is 8.73. The lowest BCUT2D eigenvalue weighted by atomic mass is 9.86. The zero-order chi connectivity index (χ0) is 14.3. The monoisotopic (exact) mass is 269 g/mol. The Bertz CT molecular complexity index is 289. The molecular formula is C15H31N3O. The van der Waals surface area contributed by atoms with E-state index < -0.39 is 0 Å². The fraction of sp³-hybridized carbons (Fsp3) is 0.933. The normalized spacial score (nSPS) is 22.1. The average Bonchev–Trinajstić information content (AvgIpc) is 2.82. The van der Waals surface area contributed by atoms with Crippen LogP contribution in [0.3, 0.4) is 0 Å². The van der Waals surface area contributed by atoms with Gasteiger partial charge in [-0.05, 0) is 44.7 Å². The van der Waals surface area contributed by atoms with Crippen molar-refractivity contribution in [2.24, 2.45) is 22.2 Å². The molecule has 1 fully saturated rings. The van der Waals surface area contributed by atoms with Gasteiger partial charge in [-0.2, -0.15) is 0 Å². The van der Waals surface area contributed by atoms with Crippen LogP contribution in [0.5, 0.6) is 0 Å². The number of rotatable bonds is 8. The molecule has 1 unspecified atom stereocenters. The SMILES string of the molecule is CCCC1CCN(CCCCC(C)(C)C(N)=NO)C1. The first kappa shape index (κ1) is 16.3. The summed E-state index contributed by atoms with van der Waals surface area (Å²) in [7, 11) is 0. The van der Waals surface area contributed by atoms with Crippen LogP contribution in [0.25, 0.3) is 0 Å². The fourth-order valence-corrected chi connectivity index (χ4v) is 2.93. The van der Waals surface area contributed by atoms with Crippen molar-refractivity contribution in [1.82, 2.24) is 4.90 Å². The zero-order valence-corrected chi connectivity index (χ0v) is 12.9. The van der Waals surface area contributed by atoms with Gasteiger partial charge in [0.25, 0.3) is 0 Å². The number of hydrogen-bond donors (Lipinski definition) is 2. The van der Waals surface area contributed by atoms with E-state index in [1.807, 2.05) is 13.8 Å². The first-order chi connectivity index (χ1) is 8.99. The summed E-state index contributed by atoms with van der Waals surface area (Å²) in [6.07, 6.45) is 7.40. The van der Waals surface area contributed by atoms with E-state index in [0.717, 1.165) is 18.8 Å². The third kappa shape index (κ3) is 5.39. The minimum atomic E-state index is -0.190. The average molecular weight is 269 g/mol. The Labute approximate surface area is 118 Å². The maximum Gasteiger partial charge on any atom is 0.144 e. The molecule has 19 heavy (non-hydrogen) atoms. The standard InChI is InChI=1S/C15H31N3O/c1-4-7-13-8-11-18(12-13)10-6-5-9-15(2,3)14(16)17-19/h13,19H,4-12H2,1-3H3,(H2,16,17). The summed E-state index contributed by atoms with van der Waals surface area (Å²) in [5.74, 6) is 1.27. The van der Waals surface area contributed by atoms with Crippen molar-refractivity contribution in [3.8, 4) is 0 Å². The van der Waals surface area contributed by atoms with Crippen molar-refractivity contribution in [1.29, 1.82) is 0 Å². The van der Waals surface area contributed by atoms with Gasteiger partial charge in [-0.1, -0.05) is 38.8 Å². The summed E-state index contributed by atoms with van der Waals surface area (Å²) >= 11 is 0. The van der Waals surface area contributed by atoms with Gasteiger partial charge >= 0.3 is 0 Å². The molecule has 1 rings (SSSR count). The minimum absolute atomic E-state index is 0.190. The van der Waals surface area contributed by atoms with Crippen molar-refractivity contribution in [2.45, 2.75) is 59.3 Å². The van der Waals surface area contributed by atoms with Gasteiger partial charge in [0.05, 0.1) is 0 Å². The molecule has 0 bridgehead atoms. The zero-order valence-electron chi connectivity index (χ0n) is 12.9. The van der Waals surface area contributed by atoms with Crippen LogP contribution in [0.1, 0.15) is 59.3 Å². The highest BCUT2D eigenvalue weighted by Gasteiger charge is 2.24. The number of nitrogens with two attached hydrogens (primary N) is 1. The van der Waals surface area contributed by atoms with Gasteiger partial charge in [0.15, 0.2) is 0 Å². The summed E-state index contributed by atoms with van der Waals surface area (Å²) in [6.45, 7) is 10.1. The predicted molar refractivity (Wildman–Crippen MR) is 80.5 cm³/mol. The van der Waals surface area contributed by atoms with Gasteiger partial charge in [-0.3, -0.25) is 0 Å². The first-order valence-electron chi connectivity index (χ1n) is 7.70. The quantitative estimate of drug-likeness (QED) is 0.234. The van der Waals surface area contributed by atoms with Crippen molar-refractivity contribution >= 4 is 5.84 Å².